The van der Waals surface area contributed by atoms with Gasteiger partial charge >= 0.3 is 5.97 Å². The lowest BCUT2D eigenvalue weighted by Gasteiger charge is -2.18. The maximum absolute atomic E-state index is 10.5. The molecule has 0 aliphatic rings. The van der Waals surface area contributed by atoms with E-state index in [2.05, 4.69) is 0 Å². The van der Waals surface area contributed by atoms with E-state index < -0.39 is 12.0 Å². The Morgan fingerprint density at radius 2 is 2.00 bits per heavy atom. The highest BCUT2D eigenvalue weighted by Crippen LogP contribution is 2.31. The topological polar surface area (TPSA) is 72.5 Å². The monoisotopic (exact) mass is 249 g/mol. The van der Waals surface area contributed by atoms with E-state index in [-0.39, 0.29) is 0 Å². The van der Waals surface area contributed by atoms with Gasteiger partial charge in [0, 0.05) is 12.1 Å². The highest BCUT2D eigenvalue weighted by Gasteiger charge is 2.14. The average Bonchev–Trinajstić information content (AvgIpc) is 2.31. The first-order chi connectivity index (χ1) is 8.38. The van der Waals surface area contributed by atoms with Crippen LogP contribution in [0.1, 0.15) is 28.3 Å². The molecule has 0 aliphatic carbocycles. The molecule has 3 N–H and O–H groups in total. The summed E-state index contributed by atoms with van der Waals surface area (Å²) in [6.07, 6.45) is 2.55. The van der Waals surface area contributed by atoms with E-state index >= 15 is 0 Å². The molecule has 1 rings (SSSR count). The normalized spacial score (nSPS) is 12.7. The third-order valence-corrected chi connectivity index (χ3v) is 3.08. The van der Waals surface area contributed by atoms with Crippen LogP contribution in [0.3, 0.4) is 0 Å². The Bertz CT molecular complexity index is 492. The van der Waals surface area contributed by atoms with Crippen molar-refractivity contribution in [3.8, 4) is 5.75 Å². The van der Waals surface area contributed by atoms with Crippen molar-refractivity contribution in [2.75, 3.05) is 7.11 Å². The smallest absolute Gasteiger partial charge is 0.328 e. The third-order valence-electron chi connectivity index (χ3n) is 3.08. The van der Waals surface area contributed by atoms with Gasteiger partial charge in [0.1, 0.15) is 5.75 Å². The van der Waals surface area contributed by atoms with E-state index in [1.807, 2.05) is 26.8 Å². The molecule has 0 saturated heterocycles. The van der Waals surface area contributed by atoms with Crippen molar-refractivity contribution in [3.05, 3.63) is 40.5 Å². The second-order valence-electron chi connectivity index (χ2n) is 4.29. The maximum atomic E-state index is 10.5. The molecule has 1 aromatic carbocycles. The SMILES string of the molecule is COc1c(C)cc(C(N)/C=C/C(=O)O)c(C)c1C. The molecule has 0 fully saturated rings. The summed E-state index contributed by atoms with van der Waals surface area (Å²) in [7, 11) is 1.64. The quantitative estimate of drug-likeness (QED) is 0.803. The predicted molar refractivity (Wildman–Crippen MR) is 70.9 cm³/mol. The van der Waals surface area contributed by atoms with Crippen molar-refractivity contribution < 1.29 is 14.6 Å². The number of nitrogens with two attached hydrogens (primary N) is 1. The molecule has 0 amide bonds. The number of methoxy groups -OCH3 is 1. The number of rotatable bonds is 4. The first-order valence-corrected chi connectivity index (χ1v) is 5.69. The second kappa shape index (κ2) is 5.69. The number of benzene rings is 1. The zero-order valence-electron chi connectivity index (χ0n) is 11.2. The van der Waals surface area contributed by atoms with Crippen molar-refractivity contribution in [3.63, 3.8) is 0 Å². The lowest BCUT2D eigenvalue weighted by Crippen LogP contribution is -2.11. The third kappa shape index (κ3) is 2.90. The number of aryl methyl sites for hydroxylation is 1. The van der Waals surface area contributed by atoms with Crippen LogP contribution < -0.4 is 10.5 Å². The van der Waals surface area contributed by atoms with Gasteiger partial charge in [-0.15, -0.1) is 0 Å². The van der Waals surface area contributed by atoms with E-state index in [1.54, 1.807) is 7.11 Å². The minimum atomic E-state index is -0.995. The van der Waals surface area contributed by atoms with Crippen molar-refractivity contribution in [2.45, 2.75) is 26.8 Å². The standard InChI is InChI=1S/C14H19NO3/c1-8-7-11(12(15)5-6-13(16)17)9(2)10(3)14(8)18-4/h5-7,12H,15H2,1-4H3,(H,16,17)/b6-5+. The predicted octanol–water partition coefficient (Wildman–Crippen LogP) is 2.26. The maximum Gasteiger partial charge on any atom is 0.328 e. The Morgan fingerprint density at radius 3 is 2.50 bits per heavy atom. The van der Waals surface area contributed by atoms with Crippen LogP contribution in [0.2, 0.25) is 0 Å². The van der Waals surface area contributed by atoms with Crippen LogP contribution in [0, 0.1) is 20.8 Å². The summed E-state index contributed by atoms with van der Waals surface area (Å²) in [5, 5.41) is 8.61. The van der Waals surface area contributed by atoms with Gasteiger partial charge in [-0.3, -0.25) is 0 Å². The first-order valence-electron chi connectivity index (χ1n) is 5.69. The fourth-order valence-corrected chi connectivity index (χ4v) is 2.04. The molecule has 1 atom stereocenters. The molecule has 1 unspecified atom stereocenters. The van der Waals surface area contributed by atoms with Crippen molar-refractivity contribution >= 4 is 5.97 Å². The molecule has 18 heavy (non-hydrogen) atoms. The summed E-state index contributed by atoms with van der Waals surface area (Å²) in [6, 6.07) is 1.52. The molecule has 4 heteroatoms. The Kier molecular flexibility index (Phi) is 4.50. The van der Waals surface area contributed by atoms with Crippen molar-refractivity contribution in [1.82, 2.24) is 0 Å². The zero-order valence-corrected chi connectivity index (χ0v) is 11.2. The van der Waals surface area contributed by atoms with Gasteiger partial charge in [0.15, 0.2) is 0 Å². The van der Waals surface area contributed by atoms with Crippen LogP contribution in [0.25, 0.3) is 0 Å². The molecule has 0 radical (unpaired) electrons. The van der Waals surface area contributed by atoms with Gasteiger partial charge < -0.3 is 15.6 Å². The zero-order chi connectivity index (χ0) is 13.9. The number of ether oxygens (including phenoxy) is 1. The van der Waals surface area contributed by atoms with Gasteiger partial charge in [-0.05, 0) is 43.0 Å². The fraction of sp³-hybridized carbons (Fsp3) is 0.357. The number of carboxylic acids is 1. The molecule has 0 spiro atoms. The van der Waals surface area contributed by atoms with Crippen molar-refractivity contribution in [2.24, 2.45) is 5.73 Å². The summed E-state index contributed by atoms with van der Waals surface area (Å²) in [5.74, 6) is -0.143. The highest BCUT2D eigenvalue weighted by molar-refractivity contribution is 5.79. The molecule has 98 valence electrons. The van der Waals surface area contributed by atoms with Crippen LogP contribution in [0.4, 0.5) is 0 Å². The fourth-order valence-electron chi connectivity index (χ4n) is 2.04. The summed E-state index contributed by atoms with van der Waals surface area (Å²) < 4.78 is 5.34. The number of carboxylic acid groups (broad SMARTS) is 1. The average molecular weight is 249 g/mol. The number of aliphatic carboxylic acids is 1. The minimum Gasteiger partial charge on any atom is -0.496 e. The second-order valence-corrected chi connectivity index (χ2v) is 4.29. The van der Waals surface area contributed by atoms with Gasteiger partial charge in [-0.2, -0.15) is 0 Å². The van der Waals surface area contributed by atoms with Crippen LogP contribution in [-0.2, 0) is 4.79 Å². The summed E-state index contributed by atoms with van der Waals surface area (Å²) in [4.78, 5) is 10.5. The van der Waals surface area contributed by atoms with Crippen LogP contribution >= 0.6 is 0 Å². The molecule has 4 nitrogen and oxygen atoms in total. The molecule has 0 heterocycles. The van der Waals surface area contributed by atoms with Crippen LogP contribution in [0.5, 0.6) is 5.75 Å². The Labute approximate surface area is 107 Å². The molecule has 0 saturated carbocycles. The van der Waals surface area contributed by atoms with Crippen LogP contribution in [-0.4, -0.2) is 18.2 Å². The molecule has 1 aromatic rings. The number of hydrogen-bond donors (Lipinski definition) is 2. The van der Waals surface area contributed by atoms with Crippen molar-refractivity contribution in [1.29, 1.82) is 0 Å². The highest BCUT2D eigenvalue weighted by atomic mass is 16.5. The van der Waals surface area contributed by atoms with Gasteiger partial charge in [0.05, 0.1) is 7.11 Å². The first kappa shape index (κ1) is 14.3. The minimum absolute atomic E-state index is 0.426. The van der Waals surface area contributed by atoms with E-state index in [0.29, 0.717) is 0 Å². The Morgan fingerprint density at radius 1 is 1.39 bits per heavy atom. The van der Waals surface area contributed by atoms with E-state index in [4.69, 9.17) is 15.6 Å². The summed E-state index contributed by atoms with van der Waals surface area (Å²) >= 11 is 0. The van der Waals surface area contributed by atoms with Gasteiger partial charge in [-0.25, -0.2) is 4.79 Å². The molecule has 0 aliphatic heterocycles. The van der Waals surface area contributed by atoms with Crippen LogP contribution in [0.15, 0.2) is 18.2 Å². The summed E-state index contributed by atoms with van der Waals surface area (Å²) in [6.45, 7) is 5.88. The van der Waals surface area contributed by atoms with Gasteiger partial charge in [-0.1, -0.05) is 12.1 Å². The Balaban J connectivity index is 3.22. The lowest BCUT2D eigenvalue weighted by atomic mass is 9.94. The molecular formula is C14H19NO3. The van der Waals surface area contributed by atoms with E-state index in [1.165, 1.54) is 6.08 Å². The van der Waals surface area contributed by atoms with E-state index in [9.17, 15) is 4.79 Å². The molecular weight excluding hydrogens is 230 g/mol. The number of carbonyl (C=O) groups is 1. The van der Waals surface area contributed by atoms with E-state index in [0.717, 1.165) is 34.1 Å². The summed E-state index contributed by atoms with van der Waals surface area (Å²) in [5.41, 5.74) is 9.96. The Hall–Kier alpha value is -1.81. The van der Waals surface area contributed by atoms with Gasteiger partial charge in [0.2, 0.25) is 0 Å². The largest absolute Gasteiger partial charge is 0.496 e. The molecule has 0 bridgehead atoms. The number of hydrogen-bond acceptors (Lipinski definition) is 3. The molecule has 0 aromatic heterocycles. The van der Waals surface area contributed by atoms with Gasteiger partial charge in [0.25, 0.3) is 0 Å². The lowest BCUT2D eigenvalue weighted by molar-refractivity contribution is -0.131.